The standard InChI is InChI=1S/C15H29N3/c1-4-5-6-7-8-9-14(2)17-15(3)12-18-11-10-16-13-18/h10-11,13-15,17H,4-9,12H2,1-3H3. The number of unbranched alkanes of at least 4 members (excludes halogenated alkanes) is 4. The zero-order valence-electron chi connectivity index (χ0n) is 12.2. The second-order valence-electron chi connectivity index (χ2n) is 5.43. The van der Waals surface area contributed by atoms with Crippen LogP contribution in [0.4, 0.5) is 0 Å². The van der Waals surface area contributed by atoms with E-state index in [2.05, 4.69) is 35.6 Å². The second-order valence-corrected chi connectivity index (χ2v) is 5.43. The maximum Gasteiger partial charge on any atom is 0.0946 e. The molecule has 1 N–H and O–H groups in total. The van der Waals surface area contributed by atoms with Crippen LogP contribution in [0, 0.1) is 0 Å². The highest BCUT2D eigenvalue weighted by atomic mass is 15.1. The molecule has 0 aliphatic heterocycles. The van der Waals surface area contributed by atoms with Gasteiger partial charge in [-0.1, -0.05) is 39.0 Å². The highest BCUT2D eigenvalue weighted by Crippen LogP contribution is 2.07. The molecule has 3 heteroatoms. The first-order valence-electron chi connectivity index (χ1n) is 7.44. The summed E-state index contributed by atoms with van der Waals surface area (Å²) >= 11 is 0. The van der Waals surface area contributed by atoms with E-state index in [-0.39, 0.29) is 0 Å². The number of nitrogens with zero attached hydrogens (tertiary/aromatic N) is 2. The maximum atomic E-state index is 4.07. The van der Waals surface area contributed by atoms with E-state index in [9.17, 15) is 0 Å². The van der Waals surface area contributed by atoms with Crippen molar-refractivity contribution in [3.63, 3.8) is 0 Å². The Labute approximate surface area is 112 Å². The van der Waals surface area contributed by atoms with Crippen LogP contribution in [0.15, 0.2) is 18.7 Å². The summed E-state index contributed by atoms with van der Waals surface area (Å²) in [5, 5.41) is 3.66. The van der Waals surface area contributed by atoms with E-state index in [1.165, 1.54) is 38.5 Å². The fourth-order valence-electron chi connectivity index (χ4n) is 2.39. The molecule has 0 fully saturated rings. The van der Waals surface area contributed by atoms with Gasteiger partial charge in [-0.05, 0) is 20.3 Å². The van der Waals surface area contributed by atoms with Crippen molar-refractivity contribution in [2.75, 3.05) is 0 Å². The van der Waals surface area contributed by atoms with Crippen LogP contribution in [0.3, 0.4) is 0 Å². The van der Waals surface area contributed by atoms with Crippen LogP contribution >= 0.6 is 0 Å². The molecule has 1 rings (SSSR count). The van der Waals surface area contributed by atoms with Gasteiger partial charge in [-0.2, -0.15) is 0 Å². The average molecular weight is 251 g/mol. The molecule has 0 saturated carbocycles. The molecule has 0 spiro atoms. The van der Waals surface area contributed by atoms with Gasteiger partial charge in [0.15, 0.2) is 0 Å². The largest absolute Gasteiger partial charge is 0.336 e. The van der Waals surface area contributed by atoms with E-state index in [4.69, 9.17) is 0 Å². The molecule has 0 aliphatic carbocycles. The van der Waals surface area contributed by atoms with Gasteiger partial charge in [0.05, 0.1) is 6.33 Å². The van der Waals surface area contributed by atoms with Gasteiger partial charge in [0, 0.05) is 31.0 Å². The molecule has 0 amide bonds. The molecule has 1 aromatic rings. The van der Waals surface area contributed by atoms with Crippen LogP contribution in [0.2, 0.25) is 0 Å². The lowest BCUT2D eigenvalue weighted by Gasteiger charge is -2.20. The van der Waals surface area contributed by atoms with Crippen molar-refractivity contribution in [2.45, 2.75) is 77.9 Å². The third kappa shape index (κ3) is 6.80. The minimum atomic E-state index is 0.504. The number of nitrogens with one attached hydrogen (secondary N) is 1. The van der Waals surface area contributed by atoms with Crippen LogP contribution in [-0.4, -0.2) is 21.6 Å². The fourth-order valence-corrected chi connectivity index (χ4v) is 2.39. The van der Waals surface area contributed by atoms with Crippen LogP contribution in [-0.2, 0) is 6.54 Å². The first-order valence-corrected chi connectivity index (χ1v) is 7.44. The number of rotatable bonds is 10. The second kappa shape index (κ2) is 9.15. The van der Waals surface area contributed by atoms with Crippen LogP contribution < -0.4 is 5.32 Å². The number of hydrogen-bond donors (Lipinski definition) is 1. The molecule has 1 heterocycles. The minimum Gasteiger partial charge on any atom is -0.336 e. The molecular weight excluding hydrogens is 222 g/mol. The zero-order valence-corrected chi connectivity index (χ0v) is 12.2. The van der Waals surface area contributed by atoms with Crippen molar-refractivity contribution in [3.8, 4) is 0 Å². The molecule has 0 aromatic carbocycles. The molecule has 1 aromatic heterocycles. The van der Waals surface area contributed by atoms with Crippen LogP contribution in [0.5, 0.6) is 0 Å². The summed E-state index contributed by atoms with van der Waals surface area (Å²) in [7, 11) is 0. The zero-order chi connectivity index (χ0) is 13.2. The molecule has 2 unspecified atom stereocenters. The van der Waals surface area contributed by atoms with E-state index in [0.717, 1.165) is 6.54 Å². The smallest absolute Gasteiger partial charge is 0.0946 e. The van der Waals surface area contributed by atoms with Crippen LogP contribution in [0.25, 0.3) is 0 Å². The van der Waals surface area contributed by atoms with Gasteiger partial charge in [0.1, 0.15) is 0 Å². The molecule has 0 radical (unpaired) electrons. The van der Waals surface area contributed by atoms with Crippen molar-refractivity contribution < 1.29 is 0 Å². The van der Waals surface area contributed by atoms with E-state index >= 15 is 0 Å². The van der Waals surface area contributed by atoms with Crippen molar-refractivity contribution >= 4 is 0 Å². The average Bonchev–Trinajstić information content (AvgIpc) is 2.81. The Morgan fingerprint density at radius 3 is 2.56 bits per heavy atom. The van der Waals surface area contributed by atoms with Gasteiger partial charge in [-0.25, -0.2) is 4.98 Å². The third-order valence-corrected chi connectivity index (χ3v) is 3.35. The highest BCUT2D eigenvalue weighted by Gasteiger charge is 2.07. The molecule has 3 nitrogen and oxygen atoms in total. The van der Waals surface area contributed by atoms with E-state index < -0.39 is 0 Å². The lowest BCUT2D eigenvalue weighted by Crippen LogP contribution is -2.37. The van der Waals surface area contributed by atoms with Gasteiger partial charge in [-0.15, -0.1) is 0 Å². The van der Waals surface area contributed by atoms with Crippen molar-refractivity contribution in [1.29, 1.82) is 0 Å². The number of aromatic nitrogens is 2. The third-order valence-electron chi connectivity index (χ3n) is 3.35. The number of imidazole rings is 1. The minimum absolute atomic E-state index is 0.504. The molecular formula is C15H29N3. The molecule has 0 aliphatic rings. The Balaban J connectivity index is 2.06. The summed E-state index contributed by atoms with van der Waals surface area (Å²) in [6.07, 6.45) is 13.9. The predicted molar refractivity (Wildman–Crippen MR) is 77.7 cm³/mol. The topological polar surface area (TPSA) is 29.9 Å². The first-order chi connectivity index (χ1) is 8.72. The van der Waals surface area contributed by atoms with E-state index in [1.54, 1.807) is 0 Å². The summed E-state index contributed by atoms with van der Waals surface area (Å²) < 4.78 is 2.13. The fraction of sp³-hybridized carbons (Fsp3) is 0.800. The first kappa shape index (κ1) is 15.2. The maximum absolute atomic E-state index is 4.07. The van der Waals surface area contributed by atoms with Gasteiger partial charge in [0.2, 0.25) is 0 Å². The Morgan fingerprint density at radius 1 is 1.11 bits per heavy atom. The Hall–Kier alpha value is -0.830. The summed E-state index contributed by atoms with van der Waals surface area (Å²) in [6.45, 7) is 7.81. The summed E-state index contributed by atoms with van der Waals surface area (Å²) in [5.41, 5.74) is 0. The molecule has 18 heavy (non-hydrogen) atoms. The van der Waals surface area contributed by atoms with Gasteiger partial charge in [0.25, 0.3) is 0 Å². The molecule has 2 atom stereocenters. The quantitative estimate of drug-likeness (QED) is 0.644. The van der Waals surface area contributed by atoms with Gasteiger partial charge in [-0.3, -0.25) is 0 Å². The van der Waals surface area contributed by atoms with Crippen LogP contribution in [0.1, 0.15) is 59.3 Å². The summed E-state index contributed by atoms with van der Waals surface area (Å²) in [5.74, 6) is 0. The van der Waals surface area contributed by atoms with E-state index in [1.807, 2.05) is 18.7 Å². The normalized spacial score (nSPS) is 14.6. The Kier molecular flexibility index (Phi) is 7.74. The molecule has 104 valence electrons. The Bertz CT molecular complexity index is 282. The molecule has 0 saturated heterocycles. The van der Waals surface area contributed by atoms with Gasteiger partial charge < -0.3 is 9.88 Å². The Morgan fingerprint density at radius 2 is 1.89 bits per heavy atom. The SMILES string of the molecule is CCCCCCCC(C)NC(C)Cn1ccnc1. The van der Waals surface area contributed by atoms with E-state index in [0.29, 0.717) is 12.1 Å². The lowest BCUT2D eigenvalue weighted by molar-refractivity contribution is 0.397. The highest BCUT2D eigenvalue weighted by molar-refractivity contribution is 4.77. The number of hydrogen-bond acceptors (Lipinski definition) is 2. The monoisotopic (exact) mass is 251 g/mol. The summed E-state index contributed by atoms with van der Waals surface area (Å²) in [4.78, 5) is 4.07. The molecule has 0 bridgehead atoms. The van der Waals surface area contributed by atoms with Crippen molar-refractivity contribution in [2.24, 2.45) is 0 Å². The lowest BCUT2D eigenvalue weighted by atomic mass is 10.1. The van der Waals surface area contributed by atoms with Crippen molar-refractivity contribution in [3.05, 3.63) is 18.7 Å². The van der Waals surface area contributed by atoms with Gasteiger partial charge >= 0.3 is 0 Å². The predicted octanol–water partition coefficient (Wildman–Crippen LogP) is 3.61. The summed E-state index contributed by atoms with van der Waals surface area (Å²) in [6, 6.07) is 1.12. The van der Waals surface area contributed by atoms with Crippen molar-refractivity contribution in [1.82, 2.24) is 14.9 Å².